The van der Waals surface area contributed by atoms with Gasteiger partial charge in [-0.15, -0.1) is 0 Å². The lowest BCUT2D eigenvalue weighted by Crippen LogP contribution is -2.27. The number of aliphatic hydroxyl groups is 1. The van der Waals surface area contributed by atoms with E-state index in [1.54, 1.807) is 23.3 Å². The molecule has 1 fully saturated rings. The van der Waals surface area contributed by atoms with Crippen molar-refractivity contribution in [2.75, 3.05) is 23.8 Å². The van der Waals surface area contributed by atoms with Crippen LogP contribution in [0.25, 0.3) is 5.95 Å². The van der Waals surface area contributed by atoms with E-state index in [1.165, 1.54) is 0 Å². The van der Waals surface area contributed by atoms with Gasteiger partial charge in [0.2, 0.25) is 17.8 Å². The zero-order valence-electron chi connectivity index (χ0n) is 11.2. The predicted molar refractivity (Wildman–Crippen MR) is 73.8 cm³/mol. The highest BCUT2D eigenvalue weighted by Gasteiger charge is 2.42. The fourth-order valence-electron chi connectivity index (χ4n) is 1.86. The summed E-state index contributed by atoms with van der Waals surface area (Å²) in [4.78, 5) is 17.0. The maximum atomic E-state index is 9.38. The van der Waals surface area contributed by atoms with E-state index in [1.807, 2.05) is 6.92 Å². The van der Waals surface area contributed by atoms with Crippen LogP contribution in [0, 0.1) is 0 Å². The Hall–Kier alpha value is -2.22. The molecule has 0 aromatic carbocycles. The zero-order chi connectivity index (χ0) is 14.0. The fraction of sp³-hybridized carbons (Fsp3) is 0.500. The van der Waals surface area contributed by atoms with Crippen molar-refractivity contribution >= 4 is 11.9 Å². The van der Waals surface area contributed by atoms with Gasteiger partial charge >= 0.3 is 0 Å². The van der Waals surface area contributed by atoms with Crippen LogP contribution in [-0.4, -0.2) is 48.3 Å². The van der Waals surface area contributed by atoms with E-state index in [0.717, 1.165) is 19.4 Å². The summed E-state index contributed by atoms with van der Waals surface area (Å²) in [6.45, 7) is 2.78. The largest absolute Gasteiger partial charge is 0.394 e. The minimum atomic E-state index is -0.267. The second-order valence-electron chi connectivity index (χ2n) is 4.85. The van der Waals surface area contributed by atoms with Crippen molar-refractivity contribution in [3.63, 3.8) is 0 Å². The van der Waals surface area contributed by atoms with Crippen LogP contribution < -0.4 is 10.6 Å². The molecule has 20 heavy (non-hydrogen) atoms. The smallest absolute Gasteiger partial charge is 0.241 e. The molecule has 0 saturated heterocycles. The van der Waals surface area contributed by atoms with Crippen LogP contribution in [0.15, 0.2) is 18.7 Å². The minimum absolute atomic E-state index is 0.0790. The van der Waals surface area contributed by atoms with E-state index >= 15 is 0 Å². The fourth-order valence-corrected chi connectivity index (χ4v) is 1.86. The Balaban J connectivity index is 1.92. The minimum Gasteiger partial charge on any atom is -0.394 e. The molecule has 1 aliphatic carbocycles. The summed E-state index contributed by atoms with van der Waals surface area (Å²) in [5, 5.41) is 15.6. The summed E-state index contributed by atoms with van der Waals surface area (Å²) in [6.07, 6.45) is 6.92. The van der Waals surface area contributed by atoms with E-state index in [4.69, 9.17) is 0 Å². The van der Waals surface area contributed by atoms with Crippen LogP contribution in [0.5, 0.6) is 0 Å². The molecule has 2 aromatic heterocycles. The summed E-state index contributed by atoms with van der Waals surface area (Å²) >= 11 is 0. The second-order valence-corrected chi connectivity index (χ2v) is 4.85. The predicted octanol–water partition coefficient (Wildman–Crippen LogP) is 0.426. The number of hydrogen-bond acceptors (Lipinski definition) is 7. The molecule has 1 saturated carbocycles. The molecule has 2 heterocycles. The number of imidazole rings is 1. The van der Waals surface area contributed by atoms with Gasteiger partial charge in [-0.25, -0.2) is 4.98 Å². The third-order valence-electron chi connectivity index (χ3n) is 3.23. The monoisotopic (exact) mass is 275 g/mol. The molecule has 3 N–H and O–H groups in total. The van der Waals surface area contributed by atoms with Crippen LogP contribution in [0.4, 0.5) is 11.9 Å². The first-order chi connectivity index (χ1) is 9.74. The van der Waals surface area contributed by atoms with Crippen LogP contribution in [0.3, 0.4) is 0 Å². The summed E-state index contributed by atoms with van der Waals surface area (Å²) in [6, 6.07) is 0. The Morgan fingerprint density at radius 1 is 1.30 bits per heavy atom. The number of nitrogens with zero attached hydrogens (tertiary/aromatic N) is 5. The highest BCUT2D eigenvalue weighted by molar-refractivity contribution is 5.41. The molecule has 8 nitrogen and oxygen atoms in total. The molecule has 0 bridgehead atoms. The molecule has 0 unspecified atom stereocenters. The number of hydrogen-bond donors (Lipinski definition) is 3. The first-order valence-corrected chi connectivity index (χ1v) is 6.62. The maximum absolute atomic E-state index is 9.38. The summed E-state index contributed by atoms with van der Waals surface area (Å²) in [7, 11) is 0. The van der Waals surface area contributed by atoms with Gasteiger partial charge in [-0.2, -0.15) is 15.0 Å². The van der Waals surface area contributed by atoms with Gasteiger partial charge in [-0.3, -0.25) is 4.57 Å². The van der Waals surface area contributed by atoms with Crippen molar-refractivity contribution in [1.82, 2.24) is 24.5 Å². The van der Waals surface area contributed by atoms with E-state index < -0.39 is 0 Å². The van der Waals surface area contributed by atoms with Crippen LogP contribution in [0.2, 0.25) is 0 Å². The summed E-state index contributed by atoms with van der Waals surface area (Å²) in [5.41, 5.74) is -0.267. The van der Waals surface area contributed by atoms with Crippen LogP contribution in [-0.2, 0) is 0 Å². The lowest BCUT2D eigenvalue weighted by Gasteiger charge is -2.15. The van der Waals surface area contributed by atoms with E-state index in [0.29, 0.717) is 17.8 Å². The quantitative estimate of drug-likeness (QED) is 0.702. The SMILES string of the molecule is CCNc1nc(NC2(CO)CC2)nc(-n2ccnc2)n1. The molecule has 0 amide bonds. The van der Waals surface area contributed by atoms with Gasteiger partial charge in [0.15, 0.2) is 0 Å². The van der Waals surface area contributed by atoms with Gasteiger partial charge in [0.1, 0.15) is 6.33 Å². The molecule has 3 rings (SSSR count). The zero-order valence-corrected chi connectivity index (χ0v) is 11.2. The number of rotatable bonds is 6. The van der Waals surface area contributed by atoms with Crippen molar-refractivity contribution in [1.29, 1.82) is 0 Å². The topological polar surface area (TPSA) is 101 Å². The van der Waals surface area contributed by atoms with Gasteiger partial charge in [0, 0.05) is 18.9 Å². The standard InChI is InChI=1S/C12H17N7O/c1-2-14-9-15-10(18-12(7-20)3-4-12)17-11(16-9)19-6-5-13-8-19/h5-6,8,20H,2-4,7H2,1H3,(H2,14,15,16,17,18). The number of aliphatic hydroxyl groups excluding tert-OH is 1. The van der Waals surface area contributed by atoms with Crippen molar-refractivity contribution < 1.29 is 5.11 Å². The third kappa shape index (κ3) is 2.55. The normalized spacial score (nSPS) is 15.9. The Morgan fingerprint density at radius 3 is 2.70 bits per heavy atom. The lowest BCUT2D eigenvalue weighted by atomic mass is 10.3. The molecule has 106 valence electrons. The van der Waals surface area contributed by atoms with Crippen molar-refractivity contribution in [2.24, 2.45) is 0 Å². The molecule has 0 radical (unpaired) electrons. The van der Waals surface area contributed by atoms with Crippen LogP contribution >= 0.6 is 0 Å². The van der Waals surface area contributed by atoms with E-state index in [-0.39, 0.29) is 12.1 Å². The Kier molecular flexibility index (Phi) is 3.23. The molecular weight excluding hydrogens is 258 g/mol. The Labute approximate surface area is 116 Å². The maximum Gasteiger partial charge on any atom is 0.241 e. The molecule has 0 atom stereocenters. The molecule has 8 heteroatoms. The average molecular weight is 275 g/mol. The van der Waals surface area contributed by atoms with Crippen molar-refractivity contribution in [3.8, 4) is 5.95 Å². The number of nitrogens with one attached hydrogen (secondary N) is 2. The van der Waals surface area contributed by atoms with Gasteiger partial charge < -0.3 is 15.7 Å². The van der Waals surface area contributed by atoms with Gasteiger partial charge in [-0.1, -0.05) is 0 Å². The molecular formula is C12H17N7O. The second kappa shape index (κ2) is 5.04. The first-order valence-electron chi connectivity index (χ1n) is 6.62. The van der Waals surface area contributed by atoms with E-state index in [2.05, 4.69) is 30.6 Å². The number of aromatic nitrogens is 5. The molecule has 2 aromatic rings. The van der Waals surface area contributed by atoms with Gasteiger partial charge in [-0.05, 0) is 19.8 Å². The Bertz CT molecular complexity index is 579. The summed E-state index contributed by atoms with van der Waals surface area (Å²) < 4.78 is 1.71. The van der Waals surface area contributed by atoms with Crippen LogP contribution in [0.1, 0.15) is 19.8 Å². The van der Waals surface area contributed by atoms with Gasteiger partial charge in [0.25, 0.3) is 0 Å². The van der Waals surface area contributed by atoms with E-state index in [9.17, 15) is 5.11 Å². The van der Waals surface area contributed by atoms with Crippen molar-refractivity contribution in [2.45, 2.75) is 25.3 Å². The first kappa shape index (κ1) is 12.8. The van der Waals surface area contributed by atoms with Gasteiger partial charge in [0.05, 0.1) is 12.1 Å². The molecule has 1 aliphatic rings. The molecule has 0 spiro atoms. The Morgan fingerprint density at radius 2 is 2.10 bits per heavy atom. The molecule has 0 aliphatic heterocycles. The van der Waals surface area contributed by atoms with Crippen molar-refractivity contribution in [3.05, 3.63) is 18.7 Å². The highest BCUT2D eigenvalue weighted by Crippen LogP contribution is 2.37. The lowest BCUT2D eigenvalue weighted by molar-refractivity contribution is 0.265. The average Bonchev–Trinajstić information content (AvgIpc) is 3.01. The highest BCUT2D eigenvalue weighted by atomic mass is 16.3. The summed E-state index contributed by atoms with van der Waals surface area (Å²) in [5.74, 6) is 1.46. The number of anilines is 2. The third-order valence-corrected chi connectivity index (χ3v) is 3.23.